The number of aliphatic carboxylic acids is 1. The van der Waals surface area contributed by atoms with Crippen LogP contribution in [0.25, 0.3) is 0 Å². The Morgan fingerprint density at radius 1 is 1.38 bits per heavy atom. The van der Waals surface area contributed by atoms with E-state index in [0.717, 1.165) is 0 Å². The first-order valence-corrected chi connectivity index (χ1v) is 4.98. The van der Waals surface area contributed by atoms with E-state index >= 15 is 0 Å². The number of nitrogens with one attached hydrogen (secondary N) is 1. The smallest absolute Gasteiger partial charge is 0.407 e. The molecule has 0 aliphatic heterocycles. The summed E-state index contributed by atoms with van der Waals surface area (Å²) in [4.78, 5) is 21.0. The standard InChI is InChI=1S/C10H17NO5/c1-2-6-16-10(14)11-5-8-15-7-3-4-9(12)13/h2H,1,3-8H2,(H,11,14)(H,12,13). The van der Waals surface area contributed by atoms with Crippen molar-refractivity contribution in [2.24, 2.45) is 0 Å². The molecule has 0 saturated carbocycles. The predicted molar refractivity (Wildman–Crippen MR) is 57.2 cm³/mol. The normalized spacial score (nSPS) is 9.50. The van der Waals surface area contributed by atoms with Crippen LogP contribution in [0, 0.1) is 0 Å². The molecule has 2 N–H and O–H groups in total. The van der Waals surface area contributed by atoms with Crippen molar-refractivity contribution in [3.05, 3.63) is 12.7 Å². The molecule has 0 fully saturated rings. The second kappa shape index (κ2) is 9.97. The Morgan fingerprint density at radius 2 is 2.12 bits per heavy atom. The molecule has 0 saturated heterocycles. The first kappa shape index (κ1) is 14.4. The van der Waals surface area contributed by atoms with Crippen molar-refractivity contribution >= 4 is 12.1 Å². The van der Waals surface area contributed by atoms with Crippen molar-refractivity contribution in [1.82, 2.24) is 5.32 Å². The highest BCUT2D eigenvalue weighted by atomic mass is 16.5. The lowest BCUT2D eigenvalue weighted by Crippen LogP contribution is -2.28. The molecule has 0 bridgehead atoms. The van der Waals surface area contributed by atoms with E-state index < -0.39 is 12.1 Å². The number of carbonyl (C=O) groups excluding carboxylic acids is 1. The maximum atomic E-state index is 10.9. The third-order valence-electron chi connectivity index (χ3n) is 1.53. The van der Waals surface area contributed by atoms with E-state index in [9.17, 15) is 9.59 Å². The lowest BCUT2D eigenvalue weighted by molar-refractivity contribution is -0.137. The number of carbonyl (C=O) groups is 2. The van der Waals surface area contributed by atoms with Crippen molar-refractivity contribution in [2.75, 3.05) is 26.4 Å². The van der Waals surface area contributed by atoms with Crippen LogP contribution in [-0.2, 0) is 14.3 Å². The second-order valence-corrected chi connectivity index (χ2v) is 2.92. The van der Waals surface area contributed by atoms with E-state index in [4.69, 9.17) is 9.84 Å². The Kier molecular flexibility index (Phi) is 9.00. The van der Waals surface area contributed by atoms with Gasteiger partial charge in [0.05, 0.1) is 6.61 Å². The zero-order valence-electron chi connectivity index (χ0n) is 9.11. The van der Waals surface area contributed by atoms with Gasteiger partial charge < -0.3 is 19.9 Å². The summed E-state index contributed by atoms with van der Waals surface area (Å²) in [5.41, 5.74) is 0. The summed E-state index contributed by atoms with van der Waals surface area (Å²) in [7, 11) is 0. The third-order valence-corrected chi connectivity index (χ3v) is 1.53. The first-order valence-electron chi connectivity index (χ1n) is 4.98. The monoisotopic (exact) mass is 231 g/mol. The Hall–Kier alpha value is -1.56. The molecule has 1 amide bonds. The van der Waals surface area contributed by atoms with Gasteiger partial charge in [-0.05, 0) is 6.42 Å². The average molecular weight is 231 g/mol. The van der Waals surface area contributed by atoms with Crippen LogP contribution >= 0.6 is 0 Å². The molecule has 0 atom stereocenters. The van der Waals surface area contributed by atoms with Gasteiger partial charge in [0, 0.05) is 19.6 Å². The summed E-state index contributed by atoms with van der Waals surface area (Å²) >= 11 is 0. The van der Waals surface area contributed by atoms with Gasteiger partial charge in [0.1, 0.15) is 6.61 Å². The summed E-state index contributed by atoms with van der Waals surface area (Å²) < 4.78 is 9.73. The van der Waals surface area contributed by atoms with E-state index in [1.165, 1.54) is 6.08 Å². The van der Waals surface area contributed by atoms with Gasteiger partial charge in [0.2, 0.25) is 0 Å². The van der Waals surface area contributed by atoms with E-state index in [1.807, 2.05) is 0 Å². The van der Waals surface area contributed by atoms with E-state index in [1.54, 1.807) is 0 Å². The van der Waals surface area contributed by atoms with Gasteiger partial charge in [-0.1, -0.05) is 12.7 Å². The lowest BCUT2D eigenvalue weighted by Gasteiger charge is -2.05. The molecule has 6 nitrogen and oxygen atoms in total. The fourth-order valence-electron chi connectivity index (χ4n) is 0.838. The Balaban J connectivity index is 3.17. The molecule has 92 valence electrons. The van der Waals surface area contributed by atoms with Crippen LogP contribution in [0.2, 0.25) is 0 Å². The molecule has 0 aliphatic carbocycles. The molecule has 0 spiro atoms. The second-order valence-electron chi connectivity index (χ2n) is 2.92. The van der Waals surface area contributed by atoms with Gasteiger partial charge in [0.15, 0.2) is 0 Å². The average Bonchev–Trinajstić information content (AvgIpc) is 2.24. The Labute approximate surface area is 94.2 Å². The topological polar surface area (TPSA) is 84.9 Å². The number of alkyl carbamates (subject to hydrolysis) is 1. The first-order chi connectivity index (χ1) is 7.66. The molecule has 0 aliphatic rings. The number of carboxylic acid groups (broad SMARTS) is 1. The number of hydrogen-bond donors (Lipinski definition) is 2. The zero-order chi connectivity index (χ0) is 12.2. The SMILES string of the molecule is C=CCOC(=O)NCCOCCCC(=O)O. The van der Waals surface area contributed by atoms with Crippen LogP contribution in [0.5, 0.6) is 0 Å². The number of amides is 1. The zero-order valence-corrected chi connectivity index (χ0v) is 9.11. The molecular weight excluding hydrogens is 214 g/mol. The molecule has 0 unspecified atom stereocenters. The highest BCUT2D eigenvalue weighted by molar-refractivity contribution is 5.67. The van der Waals surface area contributed by atoms with Gasteiger partial charge >= 0.3 is 12.1 Å². The molecule has 0 heterocycles. The maximum absolute atomic E-state index is 10.9. The fourth-order valence-corrected chi connectivity index (χ4v) is 0.838. The van der Waals surface area contributed by atoms with Crippen LogP contribution in [-0.4, -0.2) is 43.5 Å². The molecule has 0 aromatic heterocycles. The third kappa shape index (κ3) is 10.5. The molecule has 0 aromatic carbocycles. The lowest BCUT2D eigenvalue weighted by atomic mass is 10.3. The van der Waals surface area contributed by atoms with Crippen LogP contribution in [0.15, 0.2) is 12.7 Å². The van der Waals surface area contributed by atoms with E-state index in [-0.39, 0.29) is 13.0 Å². The molecule has 0 radical (unpaired) electrons. The summed E-state index contributed by atoms with van der Waals surface area (Å²) in [5, 5.41) is 10.8. The molecular formula is C10H17NO5. The van der Waals surface area contributed by atoms with Crippen molar-refractivity contribution in [2.45, 2.75) is 12.8 Å². The molecule has 0 rings (SSSR count). The quantitative estimate of drug-likeness (QED) is 0.452. The molecule has 6 heteroatoms. The number of ether oxygens (including phenoxy) is 2. The Morgan fingerprint density at radius 3 is 2.75 bits per heavy atom. The van der Waals surface area contributed by atoms with Crippen molar-refractivity contribution in [1.29, 1.82) is 0 Å². The summed E-state index contributed by atoms with van der Waals surface area (Å²) in [6, 6.07) is 0. The summed E-state index contributed by atoms with van der Waals surface area (Å²) in [6.45, 7) is 4.61. The number of rotatable bonds is 9. The van der Waals surface area contributed by atoms with Gasteiger partial charge in [-0.25, -0.2) is 4.79 Å². The summed E-state index contributed by atoms with van der Waals surface area (Å²) in [5.74, 6) is -0.838. The van der Waals surface area contributed by atoms with E-state index in [2.05, 4.69) is 16.6 Å². The molecule has 0 aromatic rings. The Bertz CT molecular complexity index is 229. The highest BCUT2D eigenvalue weighted by Gasteiger charge is 1.99. The van der Waals surface area contributed by atoms with Gasteiger partial charge in [-0.2, -0.15) is 0 Å². The van der Waals surface area contributed by atoms with Crippen LogP contribution in [0.4, 0.5) is 4.79 Å². The van der Waals surface area contributed by atoms with Crippen LogP contribution in [0.3, 0.4) is 0 Å². The van der Waals surface area contributed by atoms with Gasteiger partial charge in [-0.15, -0.1) is 0 Å². The van der Waals surface area contributed by atoms with Crippen LogP contribution in [0.1, 0.15) is 12.8 Å². The maximum Gasteiger partial charge on any atom is 0.407 e. The summed E-state index contributed by atoms with van der Waals surface area (Å²) in [6.07, 6.45) is 1.52. The number of carboxylic acids is 1. The van der Waals surface area contributed by atoms with Gasteiger partial charge in [-0.3, -0.25) is 4.79 Å². The largest absolute Gasteiger partial charge is 0.481 e. The number of hydrogen-bond acceptors (Lipinski definition) is 4. The predicted octanol–water partition coefficient (Wildman–Crippen LogP) is 0.780. The van der Waals surface area contributed by atoms with Crippen molar-refractivity contribution in [3.63, 3.8) is 0 Å². The van der Waals surface area contributed by atoms with Crippen molar-refractivity contribution < 1.29 is 24.2 Å². The fraction of sp³-hybridized carbons (Fsp3) is 0.600. The van der Waals surface area contributed by atoms with Gasteiger partial charge in [0.25, 0.3) is 0 Å². The van der Waals surface area contributed by atoms with Crippen molar-refractivity contribution in [3.8, 4) is 0 Å². The molecule has 16 heavy (non-hydrogen) atoms. The van der Waals surface area contributed by atoms with Crippen LogP contribution < -0.4 is 5.32 Å². The minimum Gasteiger partial charge on any atom is -0.481 e. The minimum atomic E-state index is -0.838. The van der Waals surface area contributed by atoms with E-state index in [0.29, 0.717) is 26.2 Å². The highest BCUT2D eigenvalue weighted by Crippen LogP contribution is 1.89. The minimum absolute atomic E-state index is 0.0921.